The number of imidazole rings is 1. The first-order chi connectivity index (χ1) is 16.7. The van der Waals surface area contributed by atoms with Crippen LogP contribution in [0.2, 0.25) is 0 Å². The summed E-state index contributed by atoms with van der Waals surface area (Å²) >= 11 is 0. The number of hydrogen-bond donors (Lipinski definition) is 3. The van der Waals surface area contributed by atoms with Gasteiger partial charge in [0.05, 0.1) is 24.1 Å². The minimum absolute atomic E-state index is 0.228. The van der Waals surface area contributed by atoms with Gasteiger partial charge in [-0.2, -0.15) is 8.42 Å². The van der Waals surface area contributed by atoms with Gasteiger partial charge in [-0.1, -0.05) is 36.4 Å². The van der Waals surface area contributed by atoms with Gasteiger partial charge < -0.3 is 9.88 Å². The molecule has 2 heterocycles. The summed E-state index contributed by atoms with van der Waals surface area (Å²) in [5.41, 5.74) is 4.54. The van der Waals surface area contributed by atoms with Gasteiger partial charge in [0, 0.05) is 44.6 Å². The normalized spacial score (nSPS) is 16.0. The molecular weight excluding hydrogens is 462 g/mol. The van der Waals surface area contributed by atoms with Crippen molar-refractivity contribution in [2.45, 2.75) is 38.4 Å². The van der Waals surface area contributed by atoms with E-state index in [1.807, 2.05) is 61.9 Å². The first-order valence-corrected chi connectivity index (χ1v) is 13.1. The van der Waals surface area contributed by atoms with Crippen molar-refractivity contribution in [2.75, 3.05) is 25.0 Å². The van der Waals surface area contributed by atoms with Gasteiger partial charge in [-0.15, -0.1) is 0 Å². The number of benzene rings is 2. The van der Waals surface area contributed by atoms with E-state index in [9.17, 15) is 8.42 Å². The van der Waals surface area contributed by atoms with Crippen molar-refractivity contribution in [3.63, 3.8) is 0 Å². The molecule has 4 rings (SSSR count). The number of hydrogen-bond acceptors (Lipinski definition) is 5. The van der Waals surface area contributed by atoms with Gasteiger partial charge in [-0.3, -0.25) is 4.90 Å². The molecular formula is C25H31N7O2S. The number of aryl methyl sites for hydroxylation is 1. The van der Waals surface area contributed by atoms with Gasteiger partial charge in [-0.25, -0.2) is 19.7 Å². The Labute approximate surface area is 207 Å². The minimum Gasteiger partial charge on any atom is -0.378 e. The maximum atomic E-state index is 11.6. The highest BCUT2D eigenvalue weighted by Crippen LogP contribution is 2.28. The molecule has 184 valence electrons. The number of anilines is 1. The van der Waals surface area contributed by atoms with Crippen LogP contribution >= 0.6 is 0 Å². The molecule has 0 radical (unpaired) electrons. The number of rotatable bonds is 9. The van der Waals surface area contributed by atoms with Gasteiger partial charge in [0.1, 0.15) is 0 Å². The van der Waals surface area contributed by atoms with Crippen LogP contribution in [0.5, 0.6) is 0 Å². The zero-order chi connectivity index (χ0) is 24.9. The maximum Gasteiger partial charge on any atom is 0.274 e. The molecule has 0 atom stereocenters. The molecule has 1 aliphatic heterocycles. The van der Waals surface area contributed by atoms with Crippen LogP contribution in [0.4, 0.5) is 11.4 Å². The van der Waals surface area contributed by atoms with Crippen molar-refractivity contribution in [1.29, 1.82) is 0 Å². The summed E-state index contributed by atoms with van der Waals surface area (Å²) in [5.74, 6) is 0. The topological polar surface area (TPSA) is 110 Å². The van der Waals surface area contributed by atoms with E-state index in [1.54, 1.807) is 0 Å². The Kier molecular flexibility index (Phi) is 7.52. The second-order valence-corrected chi connectivity index (χ2v) is 10.6. The van der Waals surface area contributed by atoms with Gasteiger partial charge in [0.2, 0.25) is 0 Å². The van der Waals surface area contributed by atoms with E-state index in [4.69, 9.17) is 11.7 Å². The van der Waals surface area contributed by atoms with Crippen molar-refractivity contribution in [1.82, 2.24) is 19.2 Å². The molecule has 0 bridgehead atoms. The summed E-state index contributed by atoms with van der Waals surface area (Å²) in [6.45, 7) is 12.4. The van der Waals surface area contributed by atoms with Crippen LogP contribution in [0.1, 0.15) is 29.7 Å². The fraction of sp³-hybridized carbons (Fsp3) is 0.360. The van der Waals surface area contributed by atoms with Crippen molar-refractivity contribution >= 4 is 21.6 Å². The Morgan fingerprint density at radius 3 is 2.54 bits per heavy atom. The van der Waals surface area contributed by atoms with Crippen LogP contribution in [0.25, 0.3) is 4.85 Å². The van der Waals surface area contributed by atoms with Crippen LogP contribution in [0.3, 0.4) is 0 Å². The van der Waals surface area contributed by atoms with Crippen molar-refractivity contribution in [3.05, 3.63) is 89.3 Å². The summed E-state index contributed by atoms with van der Waals surface area (Å²) in [6, 6.07) is 15.7. The molecule has 0 amide bonds. The van der Waals surface area contributed by atoms with E-state index >= 15 is 0 Å². The molecule has 1 saturated heterocycles. The van der Waals surface area contributed by atoms with E-state index in [1.165, 1.54) is 0 Å². The summed E-state index contributed by atoms with van der Waals surface area (Å²) in [6.07, 6.45) is 5.25. The quantitative estimate of drug-likeness (QED) is 0.397. The third kappa shape index (κ3) is 6.90. The Hall–Kier alpha value is -3.23. The lowest BCUT2D eigenvalue weighted by Gasteiger charge is -2.43. The summed E-state index contributed by atoms with van der Waals surface area (Å²) < 4.78 is 27.9. The van der Waals surface area contributed by atoms with E-state index in [2.05, 4.69) is 35.4 Å². The highest BCUT2D eigenvalue weighted by atomic mass is 32.2. The SMILES string of the molecule is [C-]#[N+]c1ccc(Cn2cncc2CN2CCC(CNS(N)(=O)=O)(Nc3cccc(C)c3)CC2)cc1. The number of piperidine rings is 1. The van der Waals surface area contributed by atoms with Crippen molar-refractivity contribution in [3.8, 4) is 0 Å². The van der Waals surface area contributed by atoms with Crippen LogP contribution in [-0.2, 0) is 23.3 Å². The number of nitrogens with zero attached hydrogens (tertiary/aromatic N) is 4. The lowest BCUT2D eigenvalue weighted by molar-refractivity contribution is 0.165. The fourth-order valence-electron chi connectivity index (χ4n) is 4.48. The Morgan fingerprint density at radius 1 is 1.14 bits per heavy atom. The third-order valence-corrected chi connectivity index (χ3v) is 7.00. The molecule has 4 N–H and O–H groups in total. The van der Waals surface area contributed by atoms with Crippen LogP contribution in [0, 0.1) is 13.5 Å². The summed E-state index contributed by atoms with van der Waals surface area (Å²) in [7, 11) is -3.79. The summed E-state index contributed by atoms with van der Waals surface area (Å²) in [5, 5.41) is 8.83. The molecule has 0 saturated carbocycles. The predicted molar refractivity (Wildman–Crippen MR) is 137 cm³/mol. The first kappa shape index (κ1) is 24.9. The average molecular weight is 494 g/mol. The highest BCUT2D eigenvalue weighted by Gasteiger charge is 2.35. The van der Waals surface area contributed by atoms with E-state index in [0.717, 1.165) is 55.0 Å². The van der Waals surface area contributed by atoms with Crippen LogP contribution in [0.15, 0.2) is 61.1 Å². The molecule has 0 aliphatic carbocycles. The molecule has 0 unspecified atom stereocenters. The second kappa shape index (κ2) is 10.6. The third-order valence-electron chi connectivity index (χ3n) is 6.45. The Morgan fingerprint density at radius 2 is 1.89 bits per heavy atom. The number of nitrogens with one attached hydrogen (secondary N) is 2. The molecule has 0 spiro atoms. The second-order valence-electron chi connectivity index (χ2n) is 9.21. The lowest BCUT2D eigenvalue weighted by atomic mass is 9.87. The molecule has 2 aromatic carbocycles. The molecule has 3 aromatic rings. The van der Waals surface area contributed by atoms with Gasteiger partial charge in [-0.05, 0) is 43.0 Å². The Balaban J connectivity index is 1.42. The minimum atomic E-state index is -3.79. The largest absolute Gasteiger partial charge is 0.378 e. The first-order valence-electron chi connectivity index (χ1n) is 11.5. The van der Waals surface area contributed by atoms with Gasteiger partial charge in [0.25, 0.3) is 10.2 Å². The Bertz CT molecular complexity index is 1290. The molecule has 1 aliphatic rings. The zero-order valence-electron chi connectivity index (χ0n) is 19.8. The molecule has 35 heavy (non-hydrogen) atoms. The number of nitrogens with two attached hydrogens (primary N) is 1. The lowest BCUT2D eigenvalue weighted by Crippen LogP contribution is -2.56. The molecule has 9 nitrogen and oxygen atoms in total. The maximum absolute atomic E-state index is 11.6. The highest BCUT2D eigenvalue weighted by molar-refractivity contribution is 7.87. The number of aromatic nitrogens is 2. The molecule has 1 fully saturated rings. The molecule has 10 heteroatoms. The van der Waals surface area contributed by atoms with Crippen LogP contribution < -0.4 is 15.2 Å². The molecule has 1 aromatic heterocycles. The van der Waals surface area contributed by atoms with Crippen molar-refractivity contribution < 1.29 is 8.42 Å². The van der Waals surface area contributed by atoms with E-state index in [0.29, 0.717) is 12.2 Å². The van der Waals surface area contributed by atoms with E-state index < -0.39 is 15.7 Å². The fourth-order valence-corrected chi connectivity index (χ4v) is 4.95. The standard InChI is InChI=1S/C25H31N7O2S/c1-20-4-3-5-23(14-20)30-25(18-29-35(26,33)34)10-12-31(13-11-25)17-24-15-28-19-32(24)16-21-6-8-22(27-2)9-7-21/h3-9,14-15,19,29-30H,10-13,16-18H2,1H3,(H2,26,33,34). The van der Waals surface area contributed by atoms with Crippen molar-refractivity contribution in [2.24, 2.45) is 5.14 Å². The van der Waals surface area contributed by atoms with E-state index in [-0.39, 0.29) is 6.54 Å². The summed E-state index contributed by atoms with van der Waals surface area (Å²) in [4.78, 5) is 10.2. The predicted octanol–water partition coefficient (Wildman–Crippen LogP) is 3.03. The number of likely N-dealkylation sites (tertiary alicyclic amines) is 1. The zero-order valence-corrected chi connectivity index (χ0v) is 20.6. The smallest absolute Gasteiger partial charge is 0.274 e. The van der Waals surface area contributed by atoms with Gasteiger partial charge in [0.15, 0.2) is 5.69 Å². The average Bonchev–Trinajstić information content (AvgIpc) is 3.26. The van der Waals surface area contributed by atoms with Gasteiger partial charge >= 0.3 is 0 Å². The van der Waals surface area contributed by atoms with Crippen LogP contribution in [-0.4, -0.2) is 48.0 Å². The monoisotopic (exact) mass is 493 g/mol.